The predicted octanol–water partition coefficient (Wildman–Crippen LogP) is 2.40. The number of carbonyl (C=O) groups is 2. The van der Waals surface area contributed by atoms with Gasteiger partial charge in [-0.25, -0.2) is 13.4 Å². The standard InChI is InChI=1S/C20H20N4O4S2/c1-14(25)23-9-11-24(12-10-23)30(27,28)16-6-4-5-15(13-16)19(26)22-20-21-17-7-2-3-8-18(17)29-20/h2-8,13H,9-12H2,1H3,(H,21,22,26). The van der Waals surface area contributed by atoms with Crippen molar-refractivity contribution >= 4 is 48.5 Å². The molecule has 30 heavy (non-hydrogen) atoms. The molecular formula is C20H20N4O4S2. The molecule has 0 aliphatic carbocycles. The van der Waals surface area contributed by atoms with Crippen LogP contribution < -0.4 is 5.32 Å². The molecule has 1 aliphatic heterocycles. The molecule has 0 radical (unpaired) electrons. The van der Waals surface area contributed by atoms with Crippen molar-refractivity contribution in [3.8, 4) is 0 Å². The molecule has 0 atom stereocenters. The lowest BCUT2D eigenvalue weighted by Gasteiger charge is -2.33. The highest BCUT2D eigenvalue weighted by atomic mass is 32.2. The fraction of sp³-hybridized carbons (Fsp3) is 0.250. The number of carbonyl (C=O) groups excluding carboxylic acids is 2. The Balaban J connectivity index is 1.51. The number of piperazine rings is 1. The Kier molecular flexibility index (Phi) is 5.54. The largest absolute Gasteiger partial charge is 0.340 e. The molecule has 10 heteroatoms. The quantitative estimate of drug-likeness (QED) is 0.666. The van der Waals surface area contributed by atoms with Gasteiger partial charge in [0.1, 0.15) is 0 Å². The number of sulfonamides is 1. The Labute approximate surface area is 178 Å². The average molecular weight is 445 g/mol. The van der Waals surface area contributed by atoms with Crippen molar-refractivity contribution in [1.29, 1.82) is 0 Å². The van der Waals surface area contributed by atoms with Crippen LogP contribution >= 0.6 is 11.3 Å². The van der Waals surface area contributed by atoms with E-state index in [0.717, 1.165) is 10.2 Å². The van der Waals surface area contributed by atoms with Gasteiger partial charge in [0.25, 0.3) is 5.91 Å². The molecule has 0 unspecified atom stereocenters. The number of hydrogen-bond donors (Lipinski definition) is 1. The summed E-state index contributed by atoms with van der Waals surface area (Å²) >= 11 is 1.35. The number of amides is 2. The molecule has 1 aliphatic rings. The third-order valence-corrected chi connectivity index (χ3v) is 7.78. The highest BCUT2D eigenvalue weighted by molar-refractivity contribution is 7.89. The number of anilines is 1. The second kappa shape index (κ2) is 8.13. The molecule has 8 nitrogen and oxygen atoms in total. The van der Waals surface area contributed by atoms with Gasteiger partial charge in [-0.3, -0.25) is 14.9 Å². The zero-order chi connectivity index (χ0) is 21.3. The Morgan fingerprint density at radius 2 is 1.77 bits per heavy atom. The van der Waals surface area contributed by atoms with Crippen LogP contribution in [-0.4, -0.2) is 60.6 Å². The topological polar surface area (TPSA) is 99.7 Å². The van der Waals surface area contributed by atoms with Crippen molar-refractivity contribution < 1.29 is 18.0 Å². The number of hydrogen-bond acceptors (Lipinski definition) is 6. The molecule has 1 aromatic heterocycles. The smallest absolute Gasteiger partial charge is 0.257 e. The van der Waals surface area contributed by atoms with Crippen molar-refractivity contribution in [3.63, 3.8) is 0 Å². The van der Waals surface area contributed by atoms with Gasteiger partial charge in [0, 0.05) is 38.7 Å². The third-order valence-electron chi connectivity index (χ3n) is 4.93. The number of fused-ring (bicyclic) bond motifs is 1. The summed E-state index contributed by atoms with van der Waals surface area (Å²) in [5.74, 6) is -0.493. The molecule has 2 aromatic carbocycles. The minimum atomic E-state index is -3.76. The first-order valence-electron chi connectivity index (χ1n) is 9.37. The van der Waals surface area contributed by atoms with Gasteiger partial charge in [-0.1, -0.05) is 29.5 Å². The molecule has 0 saturated carbocycles. The summed E-state index contributed by atoms with van der Waals surface area (Å²) in [6.07, 6.45) is 0. The van der Waals surface area contributed by atoms with Crippen molar-refractivity contribution in [2.45, 2.75) is 11.8 Å². The molecule has 3 aromatic rings. The van der Waals surface area contributed by atoms with Gasteiger partial charge in [-0.15, -0.1) is 0 Å². The van der Waals surface area contributed by atoms with Crippen LogP contribution in [0.5, 0.6) is 0 Å². The van der Waals surface area contributed by atoms with Crippen molar-refractivity contribution in [3.05, 3.63) is 54.1 Å². The van der Waals surface area contributed by atoms with E-state index >= 15 is 0 Å². The van der Waals surface area contributed by atoms with E-state index in [4.69, 9.17) is 0 Å². The molecule has 1 fully saturated rings. The third kappa shape index (κ3) is 4.07. The number of rotatable bonds is 4. The van der Waals surface area contributed by atoms with Crippen molar-refractivity contribution in [1.82, 2.24) is 14.2 Å². The SMILES string of the molecule is CC(=O)N1CCN(S(=O)(=O)c2cccc(C(=O)Nc3nc4ccccc4s3)c2)CC1. The molecule has 0 spiro atoms. The van der Waals surface area contributed by atoms with Crippen LogP contribution in [0.2, 0.25) is 0 Å². The zero-order valence-corrected chi connectivity index (χ0v) is 17.9. The second-order valence-electron chi connectivity index (χ2n) is 6.88. The van der Waals surface area contributed by atoms with Crippen LogP contribution in [0.1, 0.15) is 17.3 Å². The van der Waals surface area contributed by atoms with Gasteiger partial charge in [0.15, 0.2) is 5.13 Å². The number of nitrogens with one attached hydrogen (secondary N) is 1. The van der Waals surface area contributed by atoms with E-state index in [0.29, 0.717) is 18.2 Å². The molecule has 1 saturated heterocycles. The summed E-state index contributed by atoms with van der Waals surface area (Å²) in [5.41, 5.74) is 1.02. The lowest BCUT2D eigenvalue weighted by atomic mass is 10.2. The highest BCUT2D eigenvalue weighted by Crippen LogP contribution is 2.26. The maximum Gasteiger partial charge on any atom is 0.257 e. The fourth-order valence-corrected chi connectivity index (χ4v) is 5.61. The number of thiazole rings is 1. The van der Waals surface area contributed by atoms with E-state index in [2.05, 4.69) is 10.3 Å². The molecule has 1 N–H and O–H groups in total. The fourth-order valence-electron chi connectivity index (χ4n) is 3.29. The number of nitrogens with zero attached hydrogens (tertiary/aromatic N) is 3. The van der Waals surface area contributed by atoms with Gasteiger partial charge in [-0.05, 0) is 30.3 Å². The second-order valence-corrected chi connectivity index (χ2v) is 9.85. The number of para-hydroxylation sites is 1. The monoisotopic (exact) mass is 444 g/mol. The van der Waals surface area contributed by atoms with E-state index in [1.54, 1.807) is 17.0 Å². The van der Waals surface area contributed by atoms with Gasteiger partial charge < -0.3 is 4.90 Å². The molecule has 0 bridgehead atoms. The van der Waals surface area contributed by atoms with Gasteiger partial charge in [0.05, 0.1) is 15.1 Å². The van der Waals surface area contributed by atoms with Crippen LogP contribution in [-0.2, 0) is 14.8 Å². The van der Waals surface area contributed by atoms with Crippen LogP contribution in [0.4, 0.5) is 5.13 Å². The Morgan fingerprint density at radius 3 is 2.47 bits per heavy atom. The van der Waals surface area contributed by atoms with E-state index in [1.807, 2.05) is 24.3 Å². The molecule has 156 valence electrons. The summed E-state index contributed by atoms with van der Waals surface area (Å²) in [6.45, 7) is 2.63. The summed E-state index contributed by atoms with van der Waals surface area (Å²) in [4.78, 5) is 30.2. The first-order chi connectivity index (χ1) is 14.3. The summed E-state index contributed by atoms with van der Waals surface area (Å²) < 4.78 is 28.3. The first kappa shape index (κ1) is 20.5. The van der Waals surface area contributed by atoms with Gasteiger partial charge >= 0.3 is 0 Å². The van der Waals surface area contributed by atoms with Crippen molar-refractivity contribution in [2.75, 3.05) is 31.5 Å². The number of benzene rings is 2. The minimum absolute atomic E-state index is 0.0516. The maximum absolute atomic E-state index is 13.0. The van der Waals surface area contributed by atoms with E-state index in [9.17, 15) is 18.0 Å². The lowest BCUT2D eigenvalue weighted by Crippen LogP contribution is -2.49. The van der Waals surface area contributed by atoms with Crippen LogP contribution in [0, 0.1) is 0 Å². The Hall–Kier alpha value is -2.82. The van der Waals surface area contributed by atoms with E-state index < -0.39 is 15.9 Å². The number of aromatic nitrogens is 1. The predicted molar refractivity (Wildman–Crippen MR) is 115 cm³/mol. The Morgan fingerprint density at radius 1 is 1.03 bits per heavy atom. The molecule has 2 amide bonds. The van der Waals surface area contributed by atoms with Crippen molar-refractivity contribution in [2.24, 2.45) is 0 Å². The van der Waals surface area contributed by atoms with Crippen LogP contribution in [0.3, 0.4) is 0 Å². The van der Waals surface area contributed by atoms with Gasteiger partial charge in [-0.2, -0.15) is 4.31 Å². The van der Waals surface area contributed by atoms with E-state index in [-0.39, 0.29) is 29.5 Å². The summed E-state index contributed by atoms with van der Waals surface area (Å²) in [5, 5.41) is 3.19. The first-order valence-corrected chi connectivity index (χ1v) is 11.6. The molecule has 4 rings (SSSR count). The minimum Gasteiger partial charge on any atom is -0.340 e. The maximum atomic E-state index is 13.0. The van der Waals surface area contributed by atoms with Crippen LogP contribution in [0.15, 0.2) is 53.4 Å². The lowest BCUT2D eigenvalue weighted by molar-refractivity contribution is -0.129. The average Bonchev–Trinajstić information content (AvgIpc) is 3.16. The summed E-state index contributed by atoms with van der Waals surface area (Å²) in [6, 6.07) is 13.5. The highest BCUT2D eigenvalue weighted by Gasteiger charge is 2.29. The Bertz CT molecular complexity index is 1180. The van der Waals surface area contributed by atoms with Gasteiger partial charge in [0.2, 0.25) is 15.9 Å². The molecular weight excluding hydrogens is 424 g/mol. The van der Waals surface area contributed by atoms with Crippen LogP contribution in [0.25, 0.3) is 10.2 Å². The summed E-state index contributed by atoms with van der Waals surface area (Å²) in [7, 11) is -3.76. The normalized spacial score (nSPS) is 15.3. The zero-order valence-electron chi connectivity index (χ0n) is 16.2. The van der Waals surface area contributed by atoms with E-state index in [1.165, 1.54) is 34.7 Å². The molecule has 2 heterocycles.